The lowest BCUT2D eigenvalue weighted by Crippen LogP contribution is -2.45. The zero-order chi connectivity index (χ0) is 16.3. The number of urea groups is 1. The molecule has 2 amide bonds. The van der Waals surface area contributed by atoms with Gasteiger partial charge in [-0.3, -0.25) is 4.79 Å². The maximum Gasteiger partial charge on any atom is 0.328 e. The summed E-state index contributed by atoms with van der Waals surface area (Å²) < 4.78 is 25.7. The molecule has 8 heteroatoms. The lowest BCUT2D eigenvalue weighted by Gasteiger charge is -2.19. The maximum absolute atomic E-state index is 11.9. The molecule has 0 heterocycles. The average molecular weight is 314 g/mol. The van der Waals surface area contributed by atoms with E-state index in [4.69, 9.17) is 5.11 Å². The Morgan fingerprint density at radius 1 is 1.19 bits per heavy atom. The van der Waals surface area contributed by atoms with E-state index >= 15 is 0 Å². The highest BCUT2D eigenvalue weighted by atomic mass is 32.2. The molecule has 7 nitrogen and oxygen atoms in total. The van der Waals surface area contributed by atoms with Crippen LogP contribution in [0.3, 0.4) is 0 Å². The number of hydrogen-bond donors (Lipinski definition) is 3. The summed E-state index contributed by atoms with van der Waals surface area (Å²) in [5.41, 5.74) is -0.299. The van der Waals surface area contributed by atoms with Gasteiger partial charge in [0.15, 0.2) is 0 Å². The zero-order valence-electron chi connectivity index (χ0n) is 12.0. The highest BCUT2D eigenvalue weighted by Gasteiger charge is 2.28. The molecule has 0 bridgehead atoms. The quantitative estimate of drug-likeness (QED) is 0.753. The fourth-order valence-corrected chi connectivity index (χ4v) is 2.24. The van der Waals surface area contributed by atoms with Gasteiger partial charge in [-0.2, -0.15) is 0 Å². The number of benzene rings is 1. The van der Waals surface area contributed by atoms with Crippen molar-refractivity contribution in [1.29, 1.82) is 0 Å². The third kappa shape index (κ3) is 4.75. The van der Waals surface area contributed by atoms with Crippen molar-refractivity contribution < 1.29 is 23.1 Å². The first kappa shape index (κ1) is 17.0. The van der Waals surface area contributed by atoms with Crippen molar-refractivity contribution in [1.82, 2.24) is 10.0 Å². The molecule has 0 aliphatic carbocycles. The largest absolute Gasteiger partial charge is 0.481 e. The van der Waals surface area contributed by atoms with E-state index in [0.29, 0.717) is 0 Å². The van der Waals surface area contributed by atoms with Gasteiger partial charge < -0.3 is 10.4 Å². The first-order valence-electron chi connectivity index (χ1n) is 6.15. The van der Waals surface area contributed by atoms with E-state index < -0.39 is 27.4 Å². The summed E-state index contributed by atoms with van der Waals surface area (Å²) in [5.74, 6) is -1.09. The Balaban J connectivity index is 2.70. The van der Waals surface area contributed by atoms with E-state index in [1.54, 1.807) is 12.1 Å². The van der Waals surface area contributed by atoms with Gasteiger partial charge in [-0.05, 0) is 32.9 Å². The van der Waals surface area contributed by atoms with E-state index in [9.17, 15) is 18.0 Å². The Morgan fingerprint density at radius 2 is 1.71 bits per heavy atom. The molecular weight excluding hydrogens is 296 g/mol. The molecule has 0 aromatic heterocycles. The van der Waals surface area contributed by atoms with Gasteiger partial charge in [0.25, 0.3) is 10.0 Å². The van der Waals surface area contributed by atoms with Gasteiger partial charge >= 0.3 is 12.0 Å². The van der Waals surface area contributed by atoms with Crippen LogP contribution in [-0.2, 0) is 14.8 Å². The van der Waals surface area contributed by atoms with Crippen LogP contribution < -0.4 is 10.0 Å². The number of carbonyl (C=O) groups excluding carboxylic acids is 1. The van der Waals surface area contributed by atoms with Crippen molar-refractivity contribution in [3.05, 3.63) is 29.8 Å². The molecule has 0 aliphatic heterocycles. The van der Waals surface area contributed by atoms with Gasteiger partial charge in [0.2, 0.25) is 0 Å². The minimum Gasteiger partial charge on any atom is -0.481 e. The van der Waals surface area contributed by atoms with Crippen LogP contribution in [0.15, 0.2) is 29.2 Å². The first-order valence-corrected chi connectivity index (χ1v) is 7.64. The molecule has 0 atom stereocenters. The maximum atomic E-state index is 11.9. The molecule has 0 spiro atoms. The normalized spacial score (nSPS) is 11.8. The molecule has 3 N–H and O–H groups in total. The van der Waals surface area contributed by atoms with Crippen LogP contribution in [0.5, 0.6) is 0 Å². The number of aryl methyl sites for hydroxylation is 1. The number of carbonyl (C=O) groups is 2. The van der Waals surface area contributed by atoms with Crippen molar-refractivity contribution in [2.24, 2.45) is 5.41 Å². The molecule has 0 saturated carbocycles. The van der Waals surface area contributed by atoms with Crippen molar-refractivity contribution >= 4 is 22.0 Å². The highest BCUT2D eigenvalue weighted by molar-refractivity contribution is 7.90. The number of nitrogens with one attached hydrogen (secondary N) is 2. The van der Waals surface area contributed by atoms with Crippen molar-refractivity contribution in [3.8, 4) is 0 Å². The van der Waals surface area contributed by atoms with Crippen molar-refractivity contribution in [2.75, 3.05) is 6.54 Å². The second-order valence-corrected chi connectivity index (χ2v) is 6.97. The number of hydrogen-bond acceptors (Lipinski definition) is 4. The van der Waals surface area contributed by atoms with Gasteiger partial charge in [0, 0.05) is 6.54 Å². The second-order valence-electron chi connectivity index (χ2n) is 5.29. The number of aliphatic carboxylic acids is 1. The SMILES string of the molecule is Cc1ccc(S(=O)(=O)NC(=O)NCC(C)(C)C(=O)O)cc1. The van der Waals surface area contributed by atoms with Crippen molar-refractivity contribution in [2.45, 2.75) is 25.7 Å². The highest BCUT2D eigenvalue weighted by Crippen LogP contribution is 2.13. The minimum absolute atomic E-state index is 0.0410. The standard InChI is InChI=1S/C13H18N2O5S/c1-9-4-6-10(7-5-9)21(19,20)15-12(18)14-8-13(2,3)11(16)17/h4-7H,8H2,1-3H3,(H,16,17)(H2,14,15,18). The third-order valence-electron chi connectivity index (χ3n) is 2.83. The van der Waals surface area contributed by atoms with Crippen LogP contribution in [0.25, 0.3) is 0 Å². The summed E-state index contributed by atoms with van der Waals surface area (Å²) in [6, 6.07) is 5.02. The summed E-state index contributed by atoms with van der Waals surface area (Å²) in [5, 5.41) is 11.1. The summed E-state index contributed by atoms with van der Waals surface area (Å²) in [6.45, 7) is 4.45. The molecule has 1 aromatic rings. The molecule has 0 radical (unpaired) electrons. The zero-order valence-corrected chi connectivity index (χ0v) is 12.8. The first-order chi connectivity index (χ1) is 9.54. The van der Waals surface area contributed by atoms with Crippen LogP contribution in [0.4, 0.5) is 4.79 Å². The number of carboxylic acids is 1. The smallest absolute Gasteiger partial charge is 0.328 e. The van der Waals surface area contributed by atoms with Crippen molar-refractivity contribution in [3.63, 3.8) is 0 Å². The molecule has 0 aliphatic rings. The molecule has 116 valence electrons. The Hall–Kier alpha value is -2.09. The van der Waals surface area contributed by atoms with E-state index in [2.05, 4.69) is 5.32 Å². The van der Waals surface area contributed by atoms with Gasteiger partial charge in [0.1, 0.15) is 0 Å². The van der Waals surface area contributed by atoms with E-state index in [1.807, 2.05) is 11.6 Å². The van der Waals surface area contributed by atoms with Gasteiger partial charge in [-0.15, -0.1) is 0 Å². The number of amides is 2. The van der Waals surface area contributed by atoms with Gasteiger partial charge in [-0.1, -0.05) is 17.7 Å². The van der Waals surface area contributed by atoms with E-state index in [1.165, 1.54) is 26.0 Å². The summed E-state index contributed by atoms with van der Waals surface area (Å²) in [6.07, 6.45) is 0. The molecular formula is C13H18N2O5S. The van der Waals surface area contributed by atoms with Gasteiger partial charge in [-0.25, -0.2) is 17.9 Å². The van der Waals surface area contributed by atoms with Crippen LogP contribution in [-0.4, -0.2) is 32.1 Å². The Labute approximate surface area is 123 Å². The number of rotatable bonds is 5. The molecule has 0 unspecified atom stereocenters. The van der Waals surface area contributed by atoms with Crippen LogP contribution in [0.2, 0.25) is 0 Å². The molecule has 1 rings (SSSR count). The second kappa shape index (κ2) is 6.13. The monoisotopic (exact) mass is 314 g/mol. The molecule has 1 aromatic carbocycles. The third-order valence-corrected chi connectivity index (χ3v) is 4.18. The predicted molar refractivity (Wildman–Crippen MR) is 76.3 cm³/mol. The molecule has 0 saturated heterocycles. The van der Waals surface area contributed by atoms with E-state index in [-0.39, 0.29) is 11.4 Å². The fourth-order valence-electron chi connectivity index (χ4n) is 1.31. The summed E-state index contributed by atoms with van der Waals surface area (Å²) in [4.78, 5) is 22.4. The Bertz CT molecular complexity index is 635. The van der Waals surface area contributed by atoms with Crippen LogP contribution >= 0.6 is 0 Å². The Morgan fingerprint density at radius 3 is 2.19 bits per heavy atom. The summed E-state index contributed by atoms with van der Waals surface area (Å²) >= 11 is 0. The lowest BCUT2D eigenvalue weighted by atomic mass is 9.94. The summed E-state index contributed by atoms with van der Waals surface area (Å²) in [7, 11) is -3.97. The average Bonchev–Trinajstić information content (AvgIpc) is 2.36. The molecule has 21 heavy (non-hydrogen) atoms. The topological polar surface area (TPSA) is 113 Å². The fraction of sp³-hybridized carbons (Fsp3) is 0.385. The lowest BCUT2D eigenvalue weighted by molar-refractivity contribution is -0.146. The van der Waals surface area contributed by atoms with E-state index in [0.717, 1.165) is 5.56 Å². The predicted octanol–water partition coefficient (Wildman–Crippen LogP) is 1.09. The van der Waals surface area contributed by atoms with Crippen LogP contribution in [0, 0.1) is 12.3 Å². The minimum atomic E-state index is -3.97. The number of sulfonamides is 1. The number of carboxylic acid groups (broad SMARTS) is 1. The van der Waals surface area contributed by atoms with Crippen LogP contribution in [0.1, 0.15) is 19.4 Å². The Kier molecular flexibility index (Phi) is 4.95. The van der Waals surface area contributed by atoms with Gasteiger partial charge in [0.05, 0.1) is 10.3 Å². The molecule has 0 fully saturated rings.